The summed E-state index contributed by atoms with van der Waals surface area (Å²) < 4.78 is 32.1. The van der Waals surface area contributed by atoms with Crippen LogP contribution in [0, 0.1) is 12.7 Å². The molecular weight excluding hydrogens is 515 g/mol. The van der Waals surface area contributed by atoms with Crippen LogP contribution in [0.15, 0.2) is 30.6 Å². The maximum absolute atomic E-state index is 14.8. The third-order valence-corrected chi connectivity index (χ3v) is 6.71. The summed E-state index contributed by atoms with van der Waals surface area (Å²) in [4.78, 5) is 22.8. The summed E-state index contributed by atoms with van der Waals surface area (Å²) in [7, 11) is 1.53. The molecule has 38 heavy (non-hydrogen) atoms. The Morgan fingerprint density at radius 2 is 2.03 bits per heavy atom. The highest BCUT2D eigenvalue weighted by Gasteiger charge is 2.35. The lowest BCUT2D eigenvalue weighted by Gasteiger charge is -2.39. The Morgan fingerprint density at radius 3 is 2.71 bits per heavy atom. The van der Waals surface area contributed by atoms with Gasteiger partial charge >= 0.3 is 6.09 Å². The number of hydrogen-bond donors (Lipinski definition) is 2. The van der Waals surface area contributed by atoms with Crippen LogP contribution in [0.3, 0.4) is 0 Å². The predicted octanol–water partition coefficient (Wildman–Crippen LogP) is 5.62. The number of amides is 1. The molecule has 1 fully saturated rings. The number of nitrogens with zero attached hydrogens (tertiary/aromatic N) is 3. The molecule has 11 heteroatoms. The summed E-state index contributed by atoms with van der Waals surface area (Å²) in [6, 6.07) is 6.31. The largest absolute Gasteiger partial charge is 0.493 e. The molecule has 0 bridgehead atoms. The summed E-state index contributed by atoms with van der Waals surface area (Å²) in [5.74, 6) is 0.694. The molecule has 204 valence electrons. The highest BCUT2D eigenvalue weighted by Crippen LogP contribution is 2.37. The van der Waals surface area contributed by atoms with Gasteiger partial charge in [0.1, 0.15) is 23.9 Å². The number of anilines is 2. The van der Waals surface area contributed by atoms with Crippen molar-refractivity contribution < 1.29 is 28.5 Å². The SMILES string of the molecule is COc1cc2ncnc(Nc3ccc(C)c(Cl)c3F)c2cc1OC1CCN(C(=O)OC(C)(C)C)C(CO)C1. The Morgan fingerprint density at radius 1 is 1.26 bits per heavy atom. The van der Waals surface area contributed by atoms with Gasteiger partial charge in [0.25, 0.3) is 0 Å². The number of ether oxygens (including phenoxy) is 3. The Labute approximate surface area is 225 Å². The molecule has 0 aliphatic carbocycles. The number of carbonyl (C=O) groups excluding carboxylic acids is 1. The fraction of sp³-hybridized carbons (Fsp3) is 0.444. The van der Waals surface area contributed by atoms with Gasteiger partial charge < -0.3 is 29.5 Å². The molecule has 0 saturated carbocycles. The zero-order valence-electron chi connectivity index (χ0n) is 22.0. The fourth-order valence-corrected chi connectivity index (χ4v) is 4.48. The van der Waals surface area contributed by atoms with Crippen LogP contribution in [0.2, 0.25) is 5.02 Å². The monoisotopic (exact) mass is 546 g/mol. The normalized spacial score (nSPS) is 17.8. The lowest BCUT2D eigenvalue weighted by atomic mass is 10.00. The first-order chi connectivity index (χ1) is 18.0. The first-order valence-electron chi connectivity index (χ1n) is 12.3. The number of methoxy groups -OCH3 is 1. The Balaban J connectivity index is 1.59. The van der Waals surface area contributed by atoms with Crippen molar-refractivity contribution >= 4 is 40.1 Å². The molecule has 1 aliphatic heterocycles. The average molecular weight is 547 g/mol. The molecule has 1 aromatic heterocycles. The zero-order valence-corrected chi connectivity index (χ0v) is 22.8. The van der Waals surface area contributed by atoms with Crippen LogP contribution in [-0.4, -0.2) is 64.1 Å². The molecule has 1 saturated heterocycles. The van der Waals surface area contributed by atoms with E-state index in [1.54, 1.807) is 56.9 Å². The number of aliphatic hydroxyl groups is 1. The van der Waals surface area contributed by atoms with Gasteiger partial charge in [0, 0.05) is 30.8 Å². The van der Waals surface area contributed by atoms with Gasteiger partial charge in [0.05, 0.1) is 36.0 Å². The molecule has 2 unspecified atom stereocenters. The number of benzene rings is 2. The molecule has 2 N–H and O–H groups in total. The van der Waals surface area contributed by atoms with Gasteiger partial charge in [-0.05, 0) is 45.4 Å². The molecule has 1 aliphatic rings. The van der Waals surface area contributed by atoms with Crippen molar-refractivity contribution in [3.63, 3.8) is 0 Å². The number of aromatic nitrogens is 2. The number of likely N-dealkylation sites (tertiary alicyclic amines) is 1. The van der Waals surface area contributed by atoms with Crippen LogP contribution >= 0.6 is 11.6 Å². The van der Waals surface area contributed by atoms with E-state index in [-0.39, 0.29) is 23.4 Å². The Bertz CT molecular complexity index is 1330. The van der Waals surface area contributed by atoms with Gasteiger partial charge in [0.2, 0.25) is 0 Å². The molecule has 1 amide bonds. The summed E-state index contributed by atoms with van der Waals surface area (Å²) >= 11 is 6.09. The molecule has 2 atom stereocenters. The number of hydrogen-bond acceptors (Lipinski definition) is 8. The minimum Gasteiger partial charge on any atom is -0.493 e. The van der Waals surface area contributed by atoms with E-state index in [0.717, 1.165) is 0 Å². The quantitative estimate of drug-likeness (QED) is 0.410. The number of nitrogens with one attached hydrogen (secondary N) is 1. The molecule has 9 nitrogen and oxygen atoms in total. The zero-order chi connectivity index (χ0) is 27.6. The number of fused-ring (bicyclic) bond motifs is 1. The number of carbonyl (C=O) groups is 1. The first kappa shape index (κ1) is 27.7. The summed E-state index contributed by atoms with van der Waals surface area (Å²) in [5.41, 5.74) is 0.739. The highest BCUT2D eigenvalue weighted by atomic mass is 35.5. The summed E-state index contributed by atoms with van der Waals surface area (Å²) in [6.07, 6.45) is 1.54. The van der Waals surface area contributed by atoms with Gasteiger partial charge in [-0.3, -0.25) is 0 Å². The molecule has 3 aromatic rings. The molecule has 2 aromatic carbocycles. The van der Waals surface area contributed by atoms with Gasteiger partial charge in [-0.1, -0.05) is 17.7 Å². The van der Waals surface area contributed by atoms with E-state index in [4.69, 9.17) is 25.8 Å². The molecule has 0 radical (unpaired) electrons. The number of piperidine rings is 1. The molecular formula is C27H32ClFN4O5. The smallest absolute Gasteiger partial charge is 0.410 e. The van der Waals surface area contributed by atoms with Crippen molar-refractivity contribution in [1.82, 2.24) is 14.9 Å². The summed E-state index contributed by atoms with van der Waals surface area (Å²) in [6.45, 7) is 7.27. The van der Waals surface area contributed by atoms with E-state index < -0.39 is 23.6 Å². The van der Waals surface area contributed by atoms with E-state index in [9.17, 15) is 14.3 Å². The maximum atomic E-state index is 14.8. The third kappa shape index (κ3) is 6.02. The van der Waals surface area contributed by atoms with Crippen LogP contribution in [0.4, 0.5) is 20.7 Å². The van der Waals surface area contributed by atoms with Crippen molar-refractivity contribution in [3.05, 3.63) is 47.0 Å². The Kier molecular flexibility index (Phi) is 8.13. The fourth-order valence-electron chi connectivity index (χ4n) is 4.32. The van der Waals surface area contributed by atoms with Crippen LogP contribution in [0.5, 0.6) is 11.5 Å². The second-order valence-corrected chi connectivity index (χ2v) is 10.6. The second-order valence-electron chi connectivity index (χ2n) is 10.2. The van der Waals surface area contributed by atoms with Gasteiger partial charge in [0.15, 0.2) is 17.3 Å². The lowest BCUT2D eigenvalue weighted by molar-refractivity contribution is -0.0147. The minimum atomic E-state index is -0.635. The standard InChI is InChI=1S/C27H32ClFN4O5/c1-15-6-7-19(24(29)23(15)28)32-25-18-11-22(21(36-5)12-20(18)30-14-31-25)37-17-8-9-33(16(10-17)13-34)26(35)38-27(2,3)4/h6-7,11-12,14,16-17,34H,8-10,13H2,1-5H3,(H,30,31,32). The highest BCUT2D eigenvalue weighted by molar-refractivity contribution is 6.31. The van der Waals surface area contributed by atoms with Crippen LogP contribution < -0.4 is 14.8 Å². The average Bonchev–Trinajstić information content (AvgIpc) is 2.87. The van der Waals surface area contributed by atoms with Gasteiger partial charge in [-0.2, -0.15) is 0 Å². The van der Waals surface area contributed by atoms with E-state index in [0.29, 0.717) is 53.2 Å². The molecule has 0 spiro atoms. The van der Waals surface area contributed by atoms with Crippen molar-refractivity contribution in [2.75, 3.05) is 25.6 Å². The van der Waals surface area contributed by atoms with E-state index >= 15 is 0 Å². The third-order valence-electron chi connectivity index (χ3n) is 6.25. The van der Waals surface area contributed by atoms with Crippen LogP contribution in [0.1, 0.15) is 39.2 Å². The predicted molar refractivity (Wildman–Crippen MR) is 143 cm³/mol. The van der Waals surface area contributed by atoms with Gasteiger partial charge in [-0.25, -0.2) is 19.2 Å². The lowest BCUT2D eigenvalue weighted by Crippen LogP contribution is -2.51. The van der Waals surface area contributed by atoms with Crippen molar-refractivity contribution in [3.8, 4) is 11.5 Å². The second kappa shape index (κ2) is 11.2. The number of aryl methyl sites for hydroxylation is 1. The maximum Gasteiger partial charge on any atom is 0.410 e. The molecule has 4 rings (SSSR count). The Hall–Kier alpha value is -3.37. The van der Waals surface area contributed by atoms with E-state index in [2.05, 4.69) is 15.3 Å². The number of halogens is 2. The molecule has 2 heterocycles. The minimum absolute atomic E-state index is 0.0372. The van der Waals surface area contributed by atoms with Crippen LogP contribution in [-0.2, 0) is 4.74 Å². The van der Waals surface area contributed by atoms with Crippen LogP contribution in [0.25, 0.3) is 10.9 Å². The van der Waals surface area contributed by atoms with E-state index in [1.165, 1.54) is 13.4 Å². The van der Waals surface area contributed by atoms with Gasteiger partial charge in [-0.15, -0.1) is 0 Å². The topological polar surface area (TPSA) is 106 Å². The number of aliphatic hydroxyl groups excluding tert-OH is 1. The number of rotatable bonds is 6. The van der Waals surface area contributed by atoms with E-state index in [1.807, 2.05) is 0 Å². The first-order valence-corrected chi connectivity index (χ1v) is 12.7. The van der Waals surface area contributed by atoms with Crippen molar-refractivity contribution in [2.45, 2.75) is 58.3 Å². The summed E-state index contributed by atoms with van der Waals surface area (Å²) in [5, 5.41) is 13.6. The van der Waals surface area contributed by atoms with Crippen molar-refractivity contribution in [1.29, 1.82) is 0 Å². The van der Waals surface area contributed by atoms with Crippen molar-refractivity contribution in [2.24, 2.45) is 0 Å².